The Morgan fingerprint density at radius 1 is 0.878 bits per heavy atom. The summed E-state index contributed by atoms with van der Waals surface area (Å²) in [5, 5.41) is 0.630. The van der Waals surface area contributed by atoms with Crippen LogP contribution < -0.4 is 4.90 Å². The Morgan fingerprint density at radius 3 is 2.24 bits per heavy atom. The normalized spacial score (nSPS) is 22.4. The predicted molar refractivity (Wildman–Crippen MR) is 153 cm³/mol. The van der Waals surface area contributed by atoms with Gasteiger partial charge in [0.2, 0.25) is 11.8 Å². The summed E-state index contributed by atoms with van der Waals surface area (Å²) in [6.07, 6.45) is 5.05. The molecule has 0 N–H and O–H groups in total. The van der Waals surface area contributed by atoms with Crippen molar-refractivity contribution in [2.75, 3.05) is 11.5 Å². The van der Waals surface area contributed by atoms with Crippen LogP contribution in [-0.2, 0) is 14.3 Å². The lowest BCUT2D eigenvalue weighted by Crippen LogP contribution is -2.32. The number of hydrogen-bond acceptors (Lipinski definition) is 6. The van der Waals surface area contributed by atoms with Crippen molar-refractivity contribution in [3.63, 3.8) is 0 Å². The minimum Gasteiger partial charge on any atom is -0.454 e. The Morgan fingerprint density at radius 2 is 1.56 bits per heavy atom. The number of carbonyl (C=O) groups is 4. The van der Waals surface area contributed by atoms with E-state index in [-0.39, 0.29) is 47.9 Å². The number of benzene rings is 3. The van der Waals surface area contributed by atoms with Gasteiger partial charge in [-0.1, -0.05) is 66.2 Å². The quantitative estimate of drug-likeness (QED) is 0.137. The molecular weight excluding hydrogens is 516 g/mol. The molecule has 0 spiro atoms. The number of nitrogens with zero attached hydrogens (tertiary/aromatic N) is 2. The van der Waals surface area contributed by atoms with E-state index in [0.717, 1.165) is 12.0 Å². The molecule has 1 aliphatic heterocycles. The summed E-state index contributed by atoms with van der Waals surface area (Å²) >= 11 is 0. The number of ketones is 1. The first-order valence-electron chi connectivity index (χ1n) is 13.7. The summed E-state index contributed by atoms with van der Waals surface area (Å²) in [5.41, 5.74) is 4.13. The lowest BCUT2D eigenvalue weighted by Gasteiger charge is -2.17. The number of allylic oxidation sites excluding steroid dienone is 2. The van der Waals surface area contributed by atoms with Crippen molar-refractivity contribution >= 4 is 40.2 Å². The van der Waals surface area contributed by atoms with Crippen molar-refractivity contribution in [1.82, 2.24) is 4.98 Å². The largest absolute Gasteiger partial charge is 0.454 e. The fourth-order valence-electron chi connectivity index (χ4n) is 6.51. The van der Waals surface area contributed by atoms with Crippen LogP contribution in [0.1, 0.15) is 32.7 Å². The smallest absolute Gasteiger partial charge is 0.339 e. The number of imide groups is 1. The fraction of sp³-hybridized carbons (Fsp3) is 0.206. The van der Waals surface area contributed by atoms with Crippen molar-refractivity contribution in [2.24, 2.45) is 23.7 Å². The summed E-state index contributed by atoms with van der Waals surface area (Å²) in [6, 6.07) is 23.1. The number of carbonyl (C=O) groups excluding carboxylic acids is 4. The lowest BCUT2D eigenvalue weighted by molar-refractivity contribution is -0.123. The van der Waals surface area contributed by atoms with E-state index in [2.05, 4.69) is 12.2 Å². The monoisotopic (exact) mass is 542 g/mol. The van der Waals surface area contributed by atoms with Crippen LogP contribution in [0.2, 0.25) is 0 Å². The highest BCUT2D eigenvalue weighted by atomic mass is 16.5. The van der Waals surface area contributed by atoms with Gasteiger partial charge in [-0.15, -0.1) is 0 Å². The maximum Gasteiger partial charge on any atom is 0.339 e. The number of Topliss-reactive ketones (excluding diaryl/α,β-unsaturated/α-hetero) is 1. The number of hydrogen-bond donors (Lipinski definition) is 0. The number of aryl methyl sites for hydroxylation is 1. The molecule has 2 heterocycles. The van der Waals surface area contributed by atoms with Crippen molar-refractivity contribution in [3.05, 3.63) is 108 Å². The molecule has 41 heavy (non-hydrogen) atoms. The van der Waals surface area contributed by atoms with Crippen LogP contribution in [0.4, 0.5) is 5.69 Å². The van der Waals surface area contributed by atoms with Crippen LogP contribution in [0.25, 0.3) is 22.2 Å². The van der Waals surface area contributed by atoms with Crippen molar-refractivity contribution < 1.29 is 23.9 Å². The molecule has 2 bridgehead atoms. The minimum atomic E-state index is -0.617. The zero-order chi connectivity index (χ0) is 28.2. The van der Waals surface area contributed by atoms with Crippen LogP contribution in [0, 0.1) is 30.6 Å². The Balaban J connectivity index is 1.17. The van der Waals surface area contributed by atoms with Gasteiger partial charge in [-0.3, -0.25) is 19.3 Å². The average molecular weight is 543 g/mol. The number of amides is 2. The number of aromatic nitrogens is 1. The number of pyridine rings is 1. The first-order valence-corrected chi connectivity index (χ1v) is 13.7. The summed E-state index contributed by atoms with van der Waals surface area (Å²) in [7, 11) is 0. The molecule has 3 aliphatic rings. The van der Waals surface area contributed by atoms with Gasteiger partial charge in [-0.2, -0.15) is 0 Å². The highest BCUT2D eigenvalue weighted by molar-refractivity contribution is 6.22. The van der Waals surface area contributed by atoms with E-state index < -0.39 is 5.97 Å². The highest BCUT2D eigenvalue weighted by Crippen LogP contribution is 2.53. The van der Waals surface area contributed by atoms with E-state index in [0.29, 0.717) is 39.0 Å². The number of rotatable bonds is 6. The molecule has 7 nitrogen and oxygen atoms in total. The third-order valence-corrected chi connectivity index (χ3v) is 8.51. The van der Waals surface area contributed by atoms with Gasteiger partial charge in [0.15, 0.2) is 12.4 Å². The first kappa shape index (κ1) is 25.1. The molecule has 202 valence electrons. The predicted octanol–water partition coefficient (Wildman–Crippen LogP) is 5.56. The van der Waals surface area contributed by atoms with Crippen LogP contribution in [0.15, 0.2) is 91.0 Å². The van der Waals surface area contributed by atoms with Gasteiger partial charge in [-0.05, 0) is 55.5 Å². The molecular formula is C34H26N2O5. The summed E-state index contributed by atoms with van der Waals surface area (Å²) < 4.78 is 5.45. The number of anilines is 1. The van der Waals surface area contributed by atoms with Gasteiger partial charge >= 0.3 is 5.97 Å². The fourth-order valence-corrected chi connectivity index (χ4v) is 6.51. The average Bonchev–Trinajstić information content (AvgIpc) is 3.69. The highest BCUT2D eigenvalue weighted by Gasteiger charge is 2.59. The summed E-state index contributed by atoms with van der Waals surface area (Å²) in [4.78, 5) is 58.3. The molecule has 1 saturated heterocycles. The van der Waals surface area contributed by atoms with Gasteiger partial charge in [0.05, 0.1) is 34.3 Å². The second-order valence-electron chi connectivity index (χ2n) is 11.0. The number of esters is 1. The van der Waals surface area contributed by atoms with E-state index in [1.807, 2.05) is 31.2 Å². The molecule has 4 aromatic rings. The maximum absolute atomic E-state index is 13.3. The van der Waals surface area contributed by atoms with Gasteiger partial charge in [0.25, 0.3) is 0 Å². The van der Waals surface area contributed by atoms with Crippen LogP contribution in [0.5, 0.6) is 0 Å². The zero-order valence-corrected chi connectivity index (χ0v) is 22.3. The molecule has 7 heteroatoms. The standard InChI is InChI=1S/C34H26N2O5/c1-19-7-14-27-25(15-19)26(34(40)41-18-29(37)21-5-3-2-4-6-21)17-28(35-27)20-10-12-24(13-11-20)36-32(38)30-22-8-9-23(16-22)31(30)33(36)39/h2-15,17,22-23,30-31H,16,18H2,1H3. The molecule has 0 radical (unpaired) electrons. The maximum atomic E-state index is 13.3. The molecule has 4 atom stereocenters. The van der Waals surface area contributed by atoms with Crippen molar-refractivity contribution in [3.8, 4) is 11.3 Å². The first-order chi connectivity index (χ1) is 19.9. The van der Waals surface area contributed by atoms with Crippen LogP contribution >= 0.6 is 0 Å². The minimum absolute atomic E-state index is 0.126. The summed E-state index contributed by atoms with van der Waals surface area (Å²) in [5.74, 6) is -1.38. The van der Waals surface area contributed by atoms with E-state index in [1.54, 1.807) is 54.6 Å². The number of ether oxygens (including phenoxy) is 1. The number of fused-ring (bicyclic) bond motifs is 6. The molecule has 1 aromatic heterocycles. The molecule has 3 aromatic carbocycles. The SMILES string of the molecule is Cc1ccc2nc(-c3ccc(N4C(=O)C5C6C=CC(C6)C5C4=O)cc3)cc(C(=O)OCC(=O)c3ccccc3)c2c1. The van der Waals surface area contributed by atoms with Crippen LogP contribution in [0.3, 0.4) is 0 Å². The molecule has 2 aliphatic carbocycles. The van der Waals surface area contributed by atoms with E-state index >= 15 is 0 Å². The Bertz CT molecular complexity index is 1750. The van der Waals surface area contributed by atoms with Crippen molar-refractivity contribution in [1.29, 1.82) is 0 Å². The molecule has 4 unspecified atom stereocenters. The zero-order valence-electron chi connectivity index (χ0n) is 22.3. The van der Waals surface area contributed by atoms with Gasteiger partial charge in [0, 0.05) is 16.5 Å². The topological polar surface area (TPSA) is 93.6 Å². The van der Waals surface area contributed by atoms with Gasteiger partial charge in [-0.25, -0.2) is 9.78 Å². The molecule has 7 rings (SSSR count). The van der Waals surface area contributed by atoms with E-state index in [1.165, 1.54) is 4.90 Å². The second-order valence-corrected chi connectivity index (χ2v) is 11.0. The second kappa shape index (κ2) is 9.63. The Labute approximate surface area is 236 Å². The van der Waals surface area contributed by atoms with Crippen LogP contribution in [-0.4, -0.2) is 35.2 Å². The van der Waals surface area contributed by atoms with Crippen molar-refractivity contribution in [2.45, 2.75) is 13.3 Å². The van der Waals surface area contributed by atoms with E-state index in [4.69, 9.17) is 9.72 Å². The van der Waals surface area contributed by atoms with E-state index in [9.17, 15) is 19.2 Å². The molecule has 2 fully saturated rings. The van der Waals surface area contributed by atoms with Gasteiger partial charge in [0.1, 0.15) is 0 Å². The third-order valence-electron chi connectivity index (χ3n) is 8.51. The lowest BCUT2D eigenvalue weighted by atomic mass is 9.85. The Hall–Kier alpha value is -4.91. The third kappa shape index (κ3) is 4.16. The Kier molecular flexibility index (Phi) is 5.89. The summed E-state index contributed by atoms with van der Waals surface area (Å²) in [6.45, 7) is 1.55. The van der Waals surface area contributed by atoms with Gasteiger partial charge < -0.3 is 4.74 Å². The molecule has 1 saturated carbocycles. The molecule has 2 amide bonds.